The molecule has 0 aromatic heterocycles. The molecule has 0 amide bonds. The SMILES string of the molecule is COC[C@H]1O[C@H](c2ccccc2)C=C[C@H]1OCc1cccc(Br)c1. The van der Waals surface area contributed by atoms with E-state index in [0.717, 1.165) is 15.6 Å². The molecule has 3 atom stereocenters. The van der Waals surface area contributed by atoms with E-state index in [1.54, 1.807) is 7.11 Å². The lowest BCUT2D eigenvalue weighted by atomic mass is 10.0. The largest absolute Gasteiger partial charge is 0.382 e. The van der Waals surface area contributed by atoms with Crippen molar-refractivity contribution in [2.75, 3.05) is 13.7 Å². The lowest BCUT2D eigenvalue weighted by molar-refractivity contribution is -0.112. The van der Waals surface area contributed by atoms with Gasteiger partial charge in [-0.25, -0.2) is 0 Å². The summed E-state index contributed by atoms with van der Waals surface area (Å²) in [6.07, 6.45) is 3.84. The third-order valence-electron chi connectivity index (χ3n) is 3.95. The van der Waals surface area contributed by atoms with Gasteiger partial charge >= 0.3 is 0 Å². The third-order valence-corrected chi connectivity index (χ3v) is 4.45. The molecule has 0 fully saturated rings. The van der Waals surface area contributed by atoms with Gasteiger partial charge in [-0.2, -0.15) is 0 Å². The van der Waals surface area contributed by atoms with Crippen LogP contribution in [0.4, 0.5) is 0 Å². The summed E-state index contributed by atoms with van der Waals surface area (Å²) in [6.45, 7) is 1.03. The van der Waals surface area contributed by atoms with E-state index in [2.05, 4.69) is 52.3 Å². The Bertz CT molecular complexity index is 672. The minimum Gasteiger partial charge on any atom is -0.382 e. The summed E-state index contributed by atoms with van der Waals surface area (Å²) in [6, 6.07) is 18.3. The van der Waals surface area contributed by atoms with Crippen molar-refractivity contribution in [3.63, 3.8) is 0 Å². The van der Waals surface area contributed by atoms with Crippen molar-refractivity contribution in [3.05, 3.63) is 82.3 Å². The van der Waals surface area contributed by atoms with Gasteiger partial charge < -0.3 is 14.2 Å². The Balaban J connectivity index is 1.68. The molecule has 0 saturated carbocycles. The van der Waals surface area contributed by atoms with Crippen LogP contribution in [-0.2, 0) is 20.8 Å². The third kappa shape index (κ3) is 4.54. The molecule has 4 heteroatoms. The summed E-state index contributed by atoms with van der Waals surface area (Å²) in [4.78, 5) is 0. The monoisotopic (exact) mass is 388 g/mol. The van der Waals surface area contributed by atoms with Crippen molar-refractivity contribution >= 4 is 15.9 Å². The van der Waals surface area contributed by atoms with Crippen molar-refractivity contribution in [1.29, 1.82) is 0 Å². The van der Waals surface area contributed by atoms with Crippen LogP contribution in [0.2, 0.25) is 0 Å². The van der Waals surface area contributed by atoms with Crippen molar-refractivity contribution in [2.24, 2.45) is 0 Å². The van der Waals surface area contributed by atoms with E-state index in [0.29, 0.717) is 13.2 Å². The molecule has 2 aromatic rings. The van der Waals surface area contributed by atoms with E-state index in [-0.39, 0.29) is 18.3 Å². The highest BCUT2D eigenvalue weighted by Gasteiger charge is 2.28. The summed E-state index contributed by atoms with van der Waals surface area (Å²) < 4.78 is 18.6. The van der Waals surface area contributed by atoms with E-state index in [9.17, 15) is 0 Å². The summed E-state index contributed by atoms with van der Waals surface area (Å²) in [5.74, 6) is 0. The van der Waals surface area contributed by atoms with Gasteiger partial charge in [-0.3, -0.25) is 0 Å². The smallest absolute Gasteiger partial charge is 0.112 e. The molecule has 0 N–H and O–H groups in total. The van der Waals surface area contributed by atoms with Crippen LogP contribution in [0.3, 0.4) is 0 Å². The number of rotatable bonds is 6. The van der Waals surface area contributed by atoms with Crippen LogP contribution >= 0.6 is 15.9 Å². The lowest BCUT2D eigenvalue weighted by Gasteiger charge is -2.32. The first-order valence-electron chi connectivity index (χ1n) is 8.00. The molecule has 0 saturated heterocycles. The van der Waals surface area contributed by atoms with Gasteiger partial charge in [0.15, 0.2) is 0 Å². The fraction of sp³-hybridized carbons (Fsp3) is 0.300. The normalized spacial score (nSPS) is 23.3. The van der Waals surface area contributed by atoms with Crippen LogP contribution < -0.4 is 0 Å². The van der Waals surface area contributed by atoms with Crippen molar-refractivity contribution in [2.45, 2.75) is 24.9 Å². The Morgan fingerprint density at radius 1 is 1.04 bits per heavy atom. The van der Waals surface area contributed by atoms with E-state index in [1.807, 2.05) is 30.3 Å². The second-order valence-corrected chi connectivity index (χ2v) is 6.67. The molecule has 2 aromatic carbocycles. The molecule has 3 rings (SSSR count). The minimum absolute atomic E-state index is 0.0583. The Morgan fingerprint density at radius 3 is 2.62 bits per heavy atom. The van der Waals surface area contributed by atoms with Crippen molar-refractivity contribution in [3.8, 4) is 0 Å². The Kier molecular flexibility index (Phi) is 6.21. The molecule has 0 aliphatic carbocycles. The number of halogens is 1. The van der Waals surface area contributed by atoms with E-state index in [1.165, 1.54) is 0 Å². The van der Waals surface area contributed by atoms with Gasteiger partial charge in [-0.1, -0.05) is 70.5 Å². The molecule has 126 valence electrons. The zero-order chi connectivity index (χ0) is 16.8. The van der Waals surface area contributed by atoms with Crippen LogP contribution in [0.5, 0.6) is 0 Å². The lowest BCUT2D eigenvalue weighted by Crippen LogP contribution is -2.37. The predicted molar refractivity (Wildman–Crippen MR) is 97.8 cm³/mol. The van der Waals surface area contributed by atoms with E-state index < -0.39 is 0 Å². The predicted octanol–water partition coefficient (Wildman–Crippen LogP) is 4.68. The van der Waals surface area contributed by atoms with Gasteiger partial charge in [-0.15, -0.1) is 0 Å². The molecule has 1 aliphatic heterocycles. The van der Waals surface area contributed by atoms with Crippen molar-refractivity contribution in [1.82, 2.24) is 0 Å². The zero-order valence-electron chi connectivity index (χ0n) is 13.6. The minimum atomic E-state index is -0.127. The number of benzene rings is 2. The second kappa shape index (κ2) is 8.58. The Morgan fingerprint density at radius 2 is 1.88 bits per heavy atom. The molecular formula is C20H21BrO3. The summed E-state index contributed by atoms with van der Waals surface area (Å²) in [5, 5.41) is 0. The highest BCUT2D eigenvalue weighted by molar-refractivity contribution is 9.10. The molecule has 1 aliphatic rings. The average molecular weight is 389 g/mol. The van der Waals surface area contributed by atoms with Crippen LogP contribution in [0.15, 0.2) is 71.2 Å². The highest BCUT2D eigenvalue weighted by atomic mass is 79.9. The topological polar surface area (TPSA) is 27.7 Å². The van der Waals surface area contributed by atoms with Gasteiger partial charge in [0.2, 0.25) is 0 Å². The number of methoxy groups -OCH3 is 1. The molecular weight excluding hydrogens is 368 g/mol. The van der Waals surface area contributed by atoms with Crippen LogP contribution in [0.25, 0.3) is 0 Å². The first-order valence-corrected chi connectivity index (χ1v) is 8.79. The molecule has 0 bridgehead atoms. The Labute approximate surface area is 151 Å². The fourth-order valence-corrected chi connectivity index (χ4v) is 3.20. The van der Waals surface area contributed by atoms with Gasteiger partial charge in [0, 0.05) is 11.6 Å². The molecule has 3 nitrogen and oxygen atoms in total. The van der Waals surface area contributed by atoms with E-state index >= 15 is 0 Å². The number of ether oxygens (including phenoxy) is 3. The average Bonchev–Trinajstić information content (AvgIpc) is 2.62. The van der Waals surface area contributed by atoms with E-state index in [4.69, 9.17) is 14.2 Å². The number of hydrogen-bond acceptors (Lipinski definition) is 3. The summed E-state index contributed by atoms with van der Waals surface area (Å²) >= 11 is 3.48. The zero-order valence-corrected chi connectivity index (χ0v) is 15.2. The standard InChI is InChI=1S/C20H21BrO3/c1-22-14-20-19(23-13-15-6-5-9-17(21)12-15)11-10-18(24-20)16-7-3-2-4-8-16/h2-12,18-20H,13-14H2,1H3/t18-,19+,20+/m0/s1. The van der Waals surface area contributed by atoms with Crippen LogP contribution in [0.1, 0.15) is 17.2 Å². The quantitative estimate of drug-likeness (QED) is 0.672. The molecule has 0 radical (unpaired) electrons. The molecule has 0 unspecified atom stereocenters. The second-order valence-electron chi connectivity index (χ2n) is 5.75. The summed E-state index contributed by atoms with van der Waals surface area (Å²) in [5.41, 5.74) is 2.26. The van der Waals surface area contributed by atoms with Gasteiger partial charge in [0.25, 0.3) is 0 Å². The Hall–Kier alpha value is -1.46. The number of hydrogen-bond donors (Lipinski definition) is 0. The highest BCUT2D eigenvalue weighted by Crippen LogP contribution is 2.28. The maximum absolute atomic E-state index is 6.19. The maximum Gasteiger partial charge on any atom is 0.112 e. The van der Waals surface area contributed by atoms with Crippen LogP contribution in [-0.4, -0.2) is 25.9 Å². The molecule has 1 heterocycles. The first-order chi connectivity index (χ1) is 11.8. The van der Waals surface area contributed by atoms with Crippen LogP contribution in [0, 0.1) is 0 Å². The molecule has 24 heavy (non-hydrogen) atoms. The fourth-order valence-electron chi connectivity index (χ4n) is 2.76. The van der Waals surface area contributed by atoms with Gasteiger partial charge in [-0.05, 0) is 23.3 Å². The molecule has 0 spiro atoms. The first kappa shape index (κ1) is 17.4. The van der Waals surface area contributed by atoms with Gasteiger partial charge in [0.1, 0.15) is 18.3 Å². The van der Waals surface area contributed by atoms with Gasteiger partial charge in [0.05, 0.1) is 13.2 Å². The maximum atomic E-state index is 6.19. The van der Waals surface area contributed by atoms with Crippen molar-refractivity contribution < 1.29 is 14.2 Å². The summed E-state index contributed by atoms with van der Waals surface area (Å²) in [7, 11) is 1.69.